The van der Waals surface area contributed by atoms with E-state index in [-0.39, 0.29) is 17.6 Å². The number of hydrazine groups is 1. The van der Waals surface area contributed by atoms with Gasteiger partial charge in [0, 0.05) is 41.6 Å². The summed E-state index contributed by atoms with van der Waals surface area (Å²) in [5, 5.41) is 0. The Bertz CT molecular complexity index is 688. The first-order valence-corrected chi connectivity index (χ1v) is 9.09. The molecule has 0 saturated carbocycles. The quantitative estimate of drug-likeness (QED) is 0.588. The maximum Gasteiger partial charge on any atom is 0.269 e. The molecule has 25 heavy (non-hydrogen) atoms. The fraction of sp³-hybridized carbons (Fsp3) is 0.278. The number of pyridine rings is 1. The second-order valence-electron chi connectivity index (χ2n) is 5.19. The van der Waals surface area contributed by atoms with Crippen LogP contribution in [0.4, 0.5) is 5.69 Å². The summed E-state index contributed by atoms with van der Waals surface area (Å²) in [6.07, 6.45) is 3.34. The van der Waals surface area contributed by atoms with E-state index in [0.717, 1.165) is 23.7 Å². The fourth-order valence-corrected chi connectivity index (χ4v) is 2.91. The zero-order valence-electron chi connectivity index (χ0n) is 14.4. The Labute approximate surface area is 152 Å². The van der Waals surface area contributed by atoms with Crippen LogP contribution in [0.3, 0.4) is 0 Å². The van der Waals surface area contributed by atoms with Crippen molar-refractivity contribution in [2.75, 3.05) is 23.7 Å². The molecule has 0 fully saturated rings. The summed E-state index contributed by atoms with van der Waals surface area (Å²) >= 11 is 1.38. The van der Waals surface area contributed by atoms with Crippen molar-refractivity contribution in [3.63, 3.8) is 0 Å². The summed E-state index contributed by atoms with van der Waals surface area (Å²) in [5.41, 5.74) is 6.43. The molecule has 0 aliphatic rings. The van der Waals surface area contributed by atoms with Crippen molar-refractivity contribution in [2.24, 2.45) is 0 Å². The van der Waals surface area contributed by atoms with E-state index < -0.39 is 0 Å². The second kappa shape index (κ2) is 9.68. The number of anilines is 1. The molecule has 0 aliphatic heterocycles. The number of carbonyl (C=O) groups excluding carboxylic acids is 2. The van der Waals surface area contributed by atoms with Gasteiger partial charge in [0.1, 0.15) is 0 Å². The highest BCUT2D eigenvalue weighted by molar-refractivity contribution is 8.00. The zero-order chi connectivity index (χ0) is 18.1. The highest BCUT2D eigenvalue weighted by Crippen LogP contribution is 2.16. The van der Waals surface area contributed by atoms with Gasteiger partial charge >= 0.3 is 0 Å². The van der Waals surface area contributed by atoms with E-state index in [0.29, 0.717) is 5.56 Å². The van der Waals surface area contributed by atoms with Crippen LogP contribution in [0.25, 0.3) is 0 Å². The number of rotatable bonds is 7. The van der Waals surface area contributed by atoms with E-state index in [1.807, 2.05) is 24.3 Å². The summed E-state index contributed by atoms with van der Waals surface area (Å²) in [6.45, 7) is 5.99. The fourth-order valence-electron chi connectivity index (χ4n) is 2.23. The SMILES string of the molecule is CCN(CC)c1ccc(C(=O)NNC(=O)CSc2ccncc2)cc1. The van der Waals surface area contributed by atoms with E-state index in [1.165, 1.54) is 11.8 Å². The van der Waals surface area contributed by atoms with Gasteiger partial charge in [-0.1, -0.05) is 0 Å². The summed E-state index contributed by atoms with van der Waals surface area (Å²) in [5.74, 6) is -0.395. The molecule has 2 N–H and O–H groups in total. The first kappa shape index (κ1) is 18.8. The molecule has 1 aromatic carbocycles. The Morgan fingerprint density at radius 3 is 2.24 bits per heavy atom. The number of thioether (sulfide) groups is 1. The van der Waals surface area contributed by atoms with Gasteiger partial charge in [0.05, 0.1) is 5.75 Å². The van der Waals surface area contributed by atoms with E-state index in [9.17, 15) is 9.59 Å². The van der Waals surface area contributed by atoms with Crippen molar-refractivity contribution in [1.82, 2.24) is 15.8 Å². The topological polar surface area (TPSA) is 74.3 Å². The number of benzene rings is 1. The van der Waals surface area contributed by atoms with Crippen LogP contribution in [-0.4, -0.2) is 35.6 Å². The van der Waals surface area contributed by atoms with Crippen LogP contribution < -0.4 is 15.8 Å². The normalized spacial score (nSPS) is 10.2. The zero-order valence-corrected chi connectivity index (χ0v) is 15.2. The van der Waals surface area contributed by atoms with Crippen LogP contribution in [0.2, 0.25) is 0 Å². The molecule has 0 spiro atoms. The maximum atomic E-state index is 12.1. The van der Waals surface area contributed by atoms with Crippen LogP contribution >= 0.6 is 11.8 Å². The molecular weight excluding hydrogens is 336 g/mol. The Kier molecular flexibility index (Phi) is 7.28. The molecule has 2 aromatic rings. The molecule has 0 aliphatic carbocycles. The third kappa shape index (κ3) is 5.79. The average molecular weight is 358 g/mol. The van der Waals surface area contributed by atoms with Gasteiger partial charge in [-0.15, -0.1) is 11.8 Å². The smallest absolute Gasteiger partial charge is 0.269 e. The molecule has 2 amide bonds. The predicted molar refractivity (Wildman–Crippen MR) is 101 cm³/mol. The molecule has 6 nitrogen and oxygen atoms in total. The number of nitrogens with one attached hydrogen (secondary N) is 2. The van der Waals surface area contributed by atoms with Crippen LogP contribution in [0, 0.1) is 0 Å². The molecule has 2 rings (SSSR count). The van der Waals surface area contributed by atoms with E-state index in [4.69, 9.17) is 0 Å². The molecule has 1 aromatic heterocycles. The Hall–Kier alpha value is -2.54. The van der Waals surface area contributed by atoms with E-state index in [2.05, 4.69) is 34.6 Å². The third-order valence-electron chi connectivity index (χ3n) is 3.59. The molecule has 132 valence electrons. The molecule has 0 unspecified atom stereocenters. The highest BCUT2D eigenvalue weighted by Gasteiger charge is 2.09. The predicted octanol–water partition coefficient (Wildman–Crippen LogP) is 2.48. The van der Waals surface area contributed by atoms with Crippen LogP contribution in [0.5, 0.6) is 0 Å². The van der Waals surface area contributed by atoms with Crippen LogP contribution in [0.15, 0.2) is 53.7 Å². The van der Waals surface area contributed by atoms with Crippen LogP contribution in [-0.2, 0) is 4.79 Å². The third-order valence-corrected chi connectivity index (χ3v) is 4.61. The lowest BCUT2D eigenvalue weighted by Gasteiger charge is -2.21. The van der Waals surface area contributed by atoms with Gasteiger partial charge in [-0.2, -0.15) is 0 Å². The first-order valence-electron chi connectivity index (χ1n) is 8.11. The van der Waals surface area contributed by atoms with Gasteiger partial charge in [0.15, 0.2) is 0 Å². The second-order valence-corrected chi connectivity index (χ2v) is 6.24. The van der Waals surface area contributed by atoms with Gasteiger partial charge in [0.25, 0.3) is 5.91 Å². The summed E-state index contributed by atoms with van der Waals surface area (Å²) < 4.78 is 0. The van der Waals surface area contributed by atoms with Gasteiger partial charge in [0.2, 0.25) is 5.91 Å². The molecule has 0 radical (unpaired) electrons. The van der Waals surface area contributed by atoms with Crippen molar-refractivity contribution in [3.05, 3.63) is 54.4 Å². The summed E-state index contributed by atoms with van der Waals surface area (Å²) in [4.78, 5) is 31.0. The number of hydrogen-bond donors (Lipinski definition) is 2. The average Bonchev–Trinajstić information content (AvgIpc) is 2.67. The first-order chi connectivity index (χ1) is 12.1. The summed E-state index contributed by atoms with van der Waals surface area (Å²) in [7, 11) is 0. The van der Waals surface area contributed by atoms with Crippen molar-refractivity contribution < 1.29 is 9.59 Å². The van der Waals surface area contributed by atoms with E-state index >= 15 is 0 Å². The van der Waals surface area contributed by atoms with Crippen molar-refractivity contribution in [2.45, 2.75) is 18.7 Å². The number of hydrogen-bond acceptors (Lipinski definition) is 5. The molecule has 7 heteroatoms. The largest absolute Gasteiger partial charge is 0.372 e. The van der Waals surface area contributed by atoms with Crippen LogP contribution in [0.1, 0.15) is 24.2 Å². The molecular formula is C18H22N4O2S. The lowest BCUT2D eigenvalue weighted by Crippen LogP contribution is -2.42. The number of nitrogens with zero attached hydrogens (tertiary/aromatic N) is 2. The van der Waals surface area contributed by atoms with Crippen molar-refractivity contribution in [1.29, 1.82) is 0 Å². The summed E-state index contributed by atoms with van der Waals surface area (Å²) in [6, 6.07) is 11.0. The van der Waals surface area contributed by atoms with Gasteiger partial charge in [-0.3, -0.25) is 25.4 Å². The van der Waals surface area contributed by atoms with Gasteiger partial charge in [-0.05, 0) is 50.2 Å². The number of amides is 2. The molecule has 0 saturated heterocycles. The highest BCUT2D eigenvalue weighted by atomic mass is 32.2. The number of aromatic nitrogens is 1. The Balaban J connectivity index is 1.80. The monoisotopic (exact) mass is 358 g/mol. The number of carbonyl (C=O) groups is 2. The Morgan fingerprint density at radius 2 is 1.64 bits per heavy atom. The van der Waals surface area contributed by atoms with E-state index in [1.54, 1.807) is 24.5 Å². The lowest BCUT2D eigenvalue weighted by molar-refractivity contribution is -0.119. The minimum Gasteiger partial charge on any atom is -0.372 e. The minimum absolute atomic E-state index is 0.213. The van der Waals surface area contributed by atoms with Gasteiger partial charge in [-0.25, -0.2) is 0 Å². The lowest BCUT2D eigenvalue weighted by atomic mass is 10.2. The van der Waals surface area contributed by atoms with Crippen molar-refractivity contribution >= 4 is 29.3 Å². The maximum absolute atomic E-state index is 12.1. The van der Waals surface area contributed by atoms with Gasteiger partial charge < -0.3 is 4.90 Å². The molecule has 1 heterocycles. The molecule has 0 atom stereocenters. The van der Waals surface area contributed by atoms with Crippen molar-refractivity contribution in [3.8, 4) is 0 Å². The minimum atomic E-state index is -0.339. The molecule has 0 bridgehead atoms. The Morgan fingerprint density at radius 1 is 1.00 bits per heavy atom. The standard InChI is InChI=1S/C18H22N4O2S/c1-3-22(4-2)15-7-5-14(6-8-15)18(24)21-20-17(23)13-25-16-9-11-19-12-10-16/h5-12H,3-4,13H2,1-2H3,(H,20,23)(H,21,24).